The van der Waals surface area contributed by atoms with Gasteiger partial charge in [-0.05, 0) is 28.1 Å². The average molecular weight is 293 g/mol. The minimum atomic E-state index is -4.54. The highest BCUT2D eigenvalue weighted by Gasteiger charge is 2.35. The van der Waals surface area contributed by atoms with Gasteiger partial charge in [-0.1, -0.05) is 0 Å². The van der Waals surface area contributed by atoms with Gasteiger partial charge in [0.1, 0.15) is 5.69 Å². The third-order valence-electron chi connectivity index (χ3n) is 1.72. The smallest absolute Gasteiger partial charge is 0.255 e. The molecule has 0 aliphatic rings. The summed E-state index contributed by atoms with van der Waals surface area (Å²) in [6.45, 7) is 0. The molecule has 4 nitrogen and oxygen atoms in total. The van der Waals surface area contributed by atoms with Crippen LogP contribution in [0.4, 0.5) is 13.2 Å². The predicted octanol–water partition coefficient (Wildman–Crippen LogP) is 2.65. The van der Waals surface area contributed by atoms with Crippen molar-refractivity contribution in [1.82, 2.24) is 20.2 Å². The van der Waals surface area contributed by atoms with Crippen LogP contribution in [0.5, 0.6) is 0 Å². The highest BCUT2D eigenvalue weighted by atomic mass is 79.9. The molecule has 16 heavy (non-hydrogen) atoms. The summed E-state index contributed by atoms with van der Waals surface area (Å²) in [6, 6.07) is 3.29. The third-order valence-corrected chi connectivity index (χ3v) is 2.36. The van der Waals surface area contributed by atoms with E-state index in [9.17, 15) is 13.2 Å². The number of nitrogens with one attached hydrogen (secondary N) is 1. The summed E-state index contributed by atoms with van der Waals surface area (Å²) in [7, 11) is 0. The second kappa shape index (κ2) is 3.85. The summed E-state index contributed by atoms with van der Waals surface area (Å²) in [5.41, 5.74) is 0.259. The number of hydrogen-bond donors (Lipinski definition) is 1. The fraction of sp³-hybridized carbons (Fsp3) is 0.125. The van der Waals surface area contributed by atoms with Crippen LogP contribution in [0, 0.1) is 0 Å². The van der Waals surface area contributed by atoms with E-state index in [1.807, 2.05) is 5.10 Å². The molecule has 0 aliphatic heterocycles. The molecule has 2 aromatic heterocycles. The summed E-state index contributed by atoms with van der Waals surface area (Å²) >= 11 is 3.16. The largest absolute Gasteiger partial charge is 0.451 e. The van der Waals surface area contributed by atoms with Gasteiger partial charge in [0, 0.05) is 10.7 Å². The van der Waals surface area contributed by atoms with Crippen LogP contribution in [-0.4, -0.2) is 20.2 Å². The Morgan fingerprint density at radius 3 is 2.62 bits per heavy atom. The zero-order valence-electron chi connectivity index (χ0n) is 7.59. The number of alkyl halides is 3. The van der Waals surface area contributed by atoms with Gasteiger partial charge in [-0.3, -0.25) is 10.1 Å². The molecule has 0 saturated heterocycles. The molecule has 0 unspecified atom stereocenters. The van der Waals surface area contributed by atoms with Gasteiger partial charge in [0.15, 0.2) is 0 Å². The molecule has 0 aromatic carbocycles. The van der Waals surface area contributed by atoms with Crippen molar-refractivity contribution < 1.29 is 13.2 Å². The van der Waals surface area contributed by atoms with Crippen molar-refractivity contribution >= 4 is 15.9 Å². The van der Waals surface area contributed by atoms with Crippen LogP contribution < -0.4 is 0 Å². The van der Waals surface area contributed by atoms with Gasteiger partial charge in [-0.25, -0.2) is 4.98 Å². The first kappa shape index (κ1) is 11.1. The van der Waals surface area contributed by atoms with E-state index in [0.717, 1.165) is 0 Å². The molecule has 1 N–H and O–H groups in total. The lowest BCUT2D eigenvalue weighted by molar-refractivity contribution is -0.144. The summed E-state index contributed by atoms with van der Waals surface area (Å²) in [5.74, 6) is -1.24. The van der Waals surface area contributed by atoms with Crippen molar-refractivity contribution in [3.63, 3.8) is 0 Å². The predicted molar refractivity (Wildman–Crippen MR) is 52.3 cm³/mol. The van der Waals surface area contributed by atoms with E-state index in [4.69, 9.17) is 0 Å². The van der Waals surface area contributed by atoms with E-state index >= 15 is 0 Å². The number of aromatic amines is 1. The molecule has 2 heterocycles. The average Bonchev–Trinajstić information content (AvgIpc) is 2.66. The lowest BCUT2D eigenvalue weighted by Gasteiger charge is -1.99. The fourth-order valence-electron chi connectivity index (χ4n) is 1.04. The molecular weight excluding hydrogens is 289 g/mol. The molecule has 0 saturated carbocycles. The summed E-state index contributed by atoms with van der Waals surface area (Å²) in [5, 5.41) is 5.29. The highest BCUT2D eigenvalue weighted by Crippen LogP contribution is 2.28. The molecule has 0 fully saturated rings. The summed E-state index contributed by atoms with van der Waals surface area (Å²) in [6.07, 6.45) is -3.09. The van der Waals surface area contributed by atoms with E-state index in [2.05, 4.69) is 31.0 Å². The Morgan fingerprint density at radius 2 is 2.06 bits per heavy atom. The Bertz CT molecular complexity index is 508. The van der Waals surface area contributed by atoms with Crippen LogP contribution in [0.3, 0.4) is 0 Å². The van der Waals surface area contributed by atoms with Gasteiger partial charge in [-0.15, -0.1) is 0 Å². The molecule has 8 heteroatoms. The van der Waals surface area contributed by atoms with E-state index in [0.29, 0.717) is 4.47 Å². The van der Waals surface area contributed by atoms with Crippen LogP contribution in [0.25, 0.3) is 11.5 Å². The number of nitrogens with zero attached hydrogens (tertiary/aromatic N) is 3. The van der Waals surface area contributed by atoms with Crippen molar-refractivity contribution in [1.29, 1.82) is 0 Å². The van der Waals surface area contributed by atoms with Gasteiger partial charge >= 0.3 is 6.18 Å². The zero-order valence-corrected chi connectivity index (χ0v) is 9.17. The van der Waals surface area contributed by atoms with Crippen LogP contribution in [0.2, 0.25) is 0 Å². The standard InChI is InChI=1S/C8H4BrF3N4/c9-4-2-1-3-13-5(4)6-14-7(16-15-6)8(10,11)12/h1-3H,(H,14,15,16). The van der Waals surface area contributed by atoms with Crippen molar-refractivity contribution in [2.75, 3.05) is 0 Å². The van der Waals surface area contributed by atoms with Gasteiger partial charge in [0.05, 0.1) is 0 Å². The van der Waals surface area contributed by atoms with Crippen molar-refractivity contribution in [2.45, 2.75) is 6.18 Å². The minimum absolute atomic E-state index is 0.0974. The fourth-order valence-corrected chi connectivity index (χ4v) is 1.48. The number of aromatic nitrogens is 4. The molecule has 0 amide bonds. The maximum atomic E-state index is 12.3. The maximum Gasteiger partial charge on any atom is 0.451 e. The molecular formula is C8H4BrF3N4. The van der Waals surface area contributed by atoms with Crippen LogP contribution in [-0.2, 0) is 6.18 Å². The molecule has 0 radical (unpaired) electrons. The summed E-state index contributed by atoms with van der Waals surface area (Å²) in [4.78, 5) is 7.21. The lowest BCUT2D eigenvalue weighted by Crippen LogP contribution is -2.07. The van der Waals surface area contributed by atoms with Crippen molar-refractivity contribution in [3.05, 3.63) is 28.6 Å². The van der Waals surface area contributed by atoms with Crippen molar-refractivity contribution in [3.8, 4) is 11.5 Å². The molecule has 0 spiro atoms. The number of halogens is 4. The van der Waals surface area contributed by atoms with E-state index in [1.54, 1.807) is 12.1 Å². The second-order valence-electron chi connectivity index (χ2n) is 2.84. The Labute approximate surface area is 96.1 Å². The molecule has 84 valence electrons. The number of rotatable bonds is 1. The first-order valence-electron chi connectivity index (χ1n) is 4.09. The van der Waals surface area contributed by atoms with E-state index < -0.39 is 12.0 Å². The Kier molecular flexibility index (Phi) is 2.66. The molecule has 2 rings (SSSR count). The Hall–Kier alpha value is -1.44. The minimum Gasteiger partial charge on any atom is -0.255 e. The van der Waals surface area contributed by atoms with Gasteiger partial charge in [0.25, 0.3) is 0 Å². The Balaban J connectivity index is 2.44. The monoisotopic (exact) mass is 292 g/mol. The number of hydrogen-bond acceptors (Lipinski definition) is 3. The second-order valence-corrected chi connectivity index (χ2v) is 3.69. The SMILES string of the molecule is FC(F)(F)c1nc(-c2ncccc2Br)n[nH]1. The first-order valence-corrected chi connectivity index (χ1v) is 4.88. The molecule has 2 aromatic rings. The van der Waals surface area contributed by atoms with Gasteiger partial charge < -0.3 is 0 Å². The normalized spacial score (nSPS) is 11.8. The zero-order chi connectivity index (χ0) is 11.8. The molecule has 0 atom stereocenters. The first-order chi connectivity index (χ1) is 7.48. The van der Waals surface area contributed by atoms with Gasteiger partial charge in [0.2, 0.25) is 11.6 Å². The Morgan fingerprint density at radius 1 is 1.31 bits per heavy atom. The number of H-pyrrole nitrogens is 1. The number of pyridine rings is 1. The highest BCUT2D eigenvalue weighted by molar-refractivity contribution is 9.10. The van der Waals surface area contributed by atoms with Gasteiger partial charge in [-0.2, -0.15) is 18.3 Å². The van der Waals surface area contributed by atoms with Crippen LogP contribution in [0.1, 0.15) is 5.82 Å². The molecule has 0 aliphatic carbocycles. The topological polar surface area (TPSA) is 54.5 Å². The van der Waals surface area contributed by atoms with E-state index in [-0.39, 0.29) is 11.5 Å². The quantitative estimate of drug-likeness (QED) is 0.879. The maximum absolute atomic E-state index is 12.3. The van der Waals surface area contributed by atoms with E-state index in [1.165, 1.54) is 6.20 Å². The lowest BCUT2D eigenvalue weighted by atomic mass is 10.3. The third kappa shape index (κ3) is 2.06. The van der Waals surface area contributed by atoms with Crippen molar-refractivity contribution in [2.24, 2.45) is 0 Å². The van der Waals surface area contributed by atoms with Crippen LogP contribution in [0.15, 0.2) is 22.8 Å². The molecule has 0 bridgehead atoms. The summed E-state index contributed by atoms with van der Waals surface area (Å²) < 4.78 is 37.3. The van der Waals surface area contributed by atoms with Crippen LogP contribution >= 0.6 is 15.9 Å².